The Morgan fingerprint density at radius 3 is 2.70 bits per heavy atom. The summed E-state index contributed by atoms with van der Waals surface area (Å²) in [5.41, 5.74) is 3.67. The number of amides is 1. The minimum atomic E-state index is -0.410. The van der Waals surface area contributed by atoms with Gasteiger partial charge in [0.2, 0.25) is 0 Å². The Morgan fingerprint density at radius 2 is 2.00 bits per heavy atom. The lowest BCUT2D eigenvalue weighted by molar-refractivity contribution is 0.0982. The van der Waals surface area contributed by atoms with Crippen LogP contribution in [0.15, 0.2) is 48.5 Å². The van der Waals surface area contributed by atoms with E-state index in [9.17, 15) is 9.59 Å². The molecule has 0 aromatic heterocycles. The molecule has 0 aliphatic carbocycles. The van der Waals surface area contributed by atoms with Gasteiger partial charge >= 0.3 is 6.09 Å². The fourth-order valence-electron chi connectivity index (χ4n) is 2.75. The van der Waals surface area contributed by atoms with Crippen LogP contribution in [0.3, 0.4) is 0 Å². The monoisotopic (exact) mass is 309 g/mol. The third-order valence-electron chi connectivity index (χ3n) is 4.10. The predicted molar refractivity (Wildman–Crippen MR) is 87.5 cm³/mol. The van der Waals surface area contributed by atoms with Crippen molar-refractivity contribution in [3.63, 3.8) is 0 Å². The molecule has 4 nitrogen and oxygen atoms in total. The van der Waals surface area contributed by atoms with Gasteiger partial charge in [0.15, 0.2) is 5.78 Å². The Bertz CT molecular complexity index is 725. The highest BCUT2D eigenvalue weighted by molar-refractivity contribution is 5.97. The van der Waals surface area contributed by atoms with Gasteiger partial charge in [-0.05, 0) is 36.1 Å². The number of benzene rings is 2. The van der Waals surface area contributed by atoms with Crippen molar-refractivity contribution in [3.05, 3.63) is 70.8 Å². The van der Waals surface area contributed by atoms with E-state index in [1.54, 1.807) is 0 Å². The number of Topliss-reactive ketones (excluding diaryl/α,β-unsaturated/α-hetero) is 1. The molecular formula is C19H19NO3. The molecule has 118 valence electrons. The summed E-state index contributed by atoms with van der Waals surface area (Å²) in [5, 5.41) is 2.63. The summed E-state index contributed by atoms with van der Waals surface area (Å²) in [6.07, 6.45) is 0.469. The summed E-state index contributed by atoms with van der Waals surface area (Å²) in [6, 6.07) is 15.7. The van der Waals surface area contributed by atoms with Crippen LogP contribution in [0.5, 0.6) is 0 Å². The molecule has 0 radical (unpaired) electrons. The van der Waals surface area contributed by atoms with Gasteiger partial charge in [-0.1, -0.05) is 42.5 Å². The van der Waals surface area contributed by atoms with Gasteiger partial charge in [0.1, 0.15) is 6.10 Å². The van der Waals surface area contributed by atoms with Crippen molar-refractivity contribution in [2.45, 2.75) is 25.9 Å². The second kappa shape index (κ2) is 6.65. The van der Waals surface area contributed by atoms with Crippen LogP contribution >= 0.6 is 0 Å². The number of aryl methyl sites for hydroxylation is 2. The van der Waals surface area contributed by atoms with Gasteiger partial charge in [-0.25, -0.2) is 4.79 Å². The summed E-state index contributed by atoms with van der Waals surface area (Å²) in [5.74, 6) is 0.116. The number of nitrogens with one attached hydrogen (secondary N) is 1. The highest BCUT2D eigenvalue weighted by Crippen LogP contribution is 2.24. The summed E-state index contributed by atoms with van der Waals surface area (Å²) >= 11 is 0. The molecule has 1 aliphatic rings. The van der Waals surface area contributed by atoms with E-state index in [2.05, 4.69) is 5.32 Å². The van der Waals surface area contributed by atoms with Gasteiger partial charge in [-0.2, -0.15) is 0 Å². The zero-order valence-corrected chi connectivity index (χ0v) is 13.0. The quantitative estimate of drug-likeness (QED) is 0.859. The van der Waals surface area contributed by atoms with E-state index in [0.29, 0.717) is 18.5 Å². The Balaban J connectivity index is 1.73. The minimum Gasteiger partial charge on any atom is -0.439 e. The van der Waals surface area contributed by atoms with Crippen molar-refractivity contribution in [2.75, 3.05) is 6.54 Å². The Labute approximate surface area is 135 Å². The molecule has 3 rings (SSSR count). The normalized spacial score (nSPS) is 16.7. The summed E-state index contributed by atoms with van der Waals surface area (Å²) in [7, 11) is 0. The van der Waals surface area contributed by atoms with E-state index in [-0.39, 0.29) is 11.9 Å². The number of carbonyl (C=O) groups excluding carboxylic acids is 2. The topological polar surface area (TPSA) is 55.4 Å². The molecule has 1 saturated heterocycles. The van der Waals surface area contributed by atoms with E-state index in [1.165, 1.54) is 0 Å². The van der Waals surface area contributed by atoms with E-state index in [4.69, 9.17) is 4.74 Å². The van der Waals surface area contributed by atoms with E-state index < -0.39 is 6.09 Å². The van der Waals surface area contributed by atoms with Gasteiger partial charge < -0.3 is 10.1 Å². The van der Waals surface area contributed by atoms with Gasteiger partial charge in [0.25, 0.3) is 0 Å². The molecule has 2 aromatic carbocycles. The average Bonchev–Trinajstić information content (AvgIpc) is 3.00. The lowest BCUT2D eigenvalue weighted by Gasteiger charge is -2.12. The number of hydrogen-bond donors (Lipinski definition) is 1. The van der Waals surface area contributed by atoms with Crippen LogP contribution in [0, 0.1) is 6.92 Å². The first-order chi connectivity index (χ1) is 11.1. The van der Waals surface area contributed by atoms with Gasteiger partial charge in [0, 0.05) is 12.0 Å². The number of rotatable bonds is 5. The molecule has 1 atom stereocenters. The van der Waals surface area contributed by atoms with Crippen molar-refractivity contribution in [3.8, 4) is 0 Å². The third-order valence-corrected chi connectivity index (χ3v) is 4.10. The smallest absolute Gasteiger partial charge is 0.407 e. The van der Waals surface area contributed by atoms with Gasteiger partial charge in [-0.3, -0.25) is 4.79 Å². The first-order valence-electron chi connectivity index (χ1n) is 7.75. The fourth-order valence-corrected chi connectivity index (χ4v) is 2.75. The summed E-state index contributed by atoms with van der Waals surface area (Å²) in [6.45, 7) is 2.37. The van der Waals surface area contributed by atoms with Crippen molar-refractivity contribution in [1.82, 2.24) is 5.32 Å². The number of alkyl carbamates (subject to hydrolysis) is 1. The van der Waals surface area contributed by atoms with Crippen LogP contribution in [0.1, 0.15) is 39.6 Å². The van der Waals surface area contributed by atoms with Crippen molar-refractivity contribution in [1.29, 1.82) is 0 Å². The third kappa shape index (κ3) is 3.59. The molecule has 1 amide bonds. The second-order valence-electron chi connectivity index (χ2n) is 5.76. The molecular weight excluding hydrogens is 290 g/mol. The summed E-state index contributed by atoms with van der Waals surface area (Å²) < 4.78 is 5.19. The Hall–Kier alpha value is -2.62. The maximum atomic E-state index is 12.5. The maximum absolute atomic E-state index is 12.5. The first kappa shape index (κ1) is 15.3. The van der Waals surface area contributed by atoms with Gasteiger partial charge in [-0.15, -0.1) is 0 Å². The van der Waals surface area contributed by atoms with Crippen molar-refractivity contribution >= 4 is 11.9 Å². The number of ketones is 1. The fraction of sp³-hybridized carbons (Fsp3) is 0.263. The van der Waals surface area contributed by atoms with E-state index in [0.717, 1.165) is 23.1 Å². The van der Waals surface area contributed by atoms with Crippen LogP contribution in [0.2, 0.25) is 0 Å². The highest BCUT2D eigenvalue weighted by Gasteiger charge is 2.25. The van der Waals surface area contributed by atoms with Crippen LogP contribution in [-0.2, 0) is 11.2 Å². The molecule has 0 bridgehead atoms. The second-order valence-corrected chi connectivity index (χ2v) is 5.76. The maximum Gasteiger partial charge on any atom is 0.407 e. The molecule has 0 unspecified atom stereocenters. The van der Waals surface area contributed by atoms with Crippen LogP contribution < -0.4 is 5.32 Å². The zero-order chi connectivity index (χ0) is 16.2. The number of ether oxygens (including phenoxy) is 1. The molecule has 0 saturated carbocycles. The predicted octanol–water partition coefficient (Wildman–Crippen LogP) is 3.59. The first-order valence-corrected chi connectivity index (χ1v) is 7.75. The van der Waals surface area contributed by atoms with Gasteiger partial charge in [0.05, 0.1) is 6.54 Å². The Morgan fingerprint density at radius 1 is 1.22 bits per heavy atom. The SMILES string of the molecule is Cc1ccc([C@H]2CNC(=O)O2)cc1C(=O)CCc1ccccc1. The van der Waals surface area contributed by atoms with Crippen molar-refractivity contribution in [2.24, 2.45) is 0 Å². The molecule has 4 heteroatoms. The molecule has 1 aliphatic heterocycles. The number of hydrogen-bond acceptors (Lipinski definition) is 3. The average molecular weight is 309 g/mol. The lowest BCUT2D eigenvalue weighted by Crippen LogP contribution is -2.12. The van der Waals surface area contributed by atoms with Crippen LogP contribution in [0.25, 0.3) is 0 Å². The van der Waals surface area contributed by atoms with Crippen molar-refractivity contribution < 1.29 is 14.3 Å². The number of carbonyl (C=O) groups is 2. The van der Waals surface area contributed by atoms with Crippen LogP contribution in [0.4, 0.5) is 4.79 Å². The minimum absolute atomic E-state index is 0.116. The van der Waals surface area contributed by atoms with E-state index in [1.807, 2.05) is 55.5 Å². The molecule has 1 N–H and O–H groups in total. The Kier molecular flexibility index (Phi) is 4.42. The zero-order valence-electron chi connectivity index (χ0n) is 13.0. The molecule has 23 heavy (non-hydrogen) atoms. The molecule has 1 fully saturated rings. The lowest BCUT2D eigenvalue weighted by atomic mass is 9.96. The summed E-state index contributed by atoms with van der Waals surface area (Å²) in [4.78, 5) is 23.7. The molecule has 0 spiro atoms. The largest absolute Gasteiger partial charge is 0.439 e. The van der Waals surface area contributed by atoms with E-state index >= 15 is 0 Å². The van der Waals surface area contributed by atoms with Crippen LogP contribution in [-0.4, -0.2) is 18.4 Å². The molecule has 1 heterocycles. The molecule has 2 aromatic rings. The number of cyclic esters (lactones) is 1. The highest BCUT2D eigenvalue weighted by atomic mass is 16.6. The standard InChI is InChI=1S/C19H19NO3/c1-13-7-9-15(18-12-20-19(22)23-18)11-16(13)17(21)10-8-14-5-3-2-4-6-14/h2-7,9,11,18H,8,10,12H2,1H3,(H,20,22)/t18-/m1/s1.